The summed E-state index contributed by atoms with van der Waals surface area (Å²) < 4.78 is 0. The van der Waals surface area contributed by atoms with Crippen LogP contribution in [0.1, 0.15) is 29.7 Å². The molecule has 0 radical (unpaired) electrons. The van der Waals surface area contributed by atoms with Gasteiger partial charge in [0.05, 0.1) is 5.39 Å². The van der Waals surface area contributed by atoms with Gasteiger partial charge in [-0.25, -0.2) is 4.98 Å². The lowest BCUT2D eigenvalue weighted by Crippen LogP contribution is -2.10. The molecule has 2 heterocycles. The van der Waals surface area contributed by atoms with Gasteiger partial charge in [0.2, 0.25) is 0 Å². The van der Waals surface area contributed by atoms with Crippen molar-refractivity contribution in [3.8, 4) is 11.4 Å². The minimum absolute atomic E-state index is 0.00131. The summed E-state index contributed by atoms with van der Waals surface area (Å²) in [5, 5.41) is 5.37. The number of hydrogen-bond acceptors (Lipinski definition) is 3. The molecule has 3 nitrogen and oxygen atoms in total. The summed E-state index contributed by atoms with van der Waals surface area (Å²) in [6.45, 7) is 0. The molecule has 0 spiro atoms. The Morgan fingerprint density at radius 1 is 0.862 bits per heavy atom. The molecule has 0 unspecified atom stereocenters. The van der Waals surface area contributed by atoms with Gasteiger partial charge in [0.1, 0.15) is 10.7 Å². The summed E-state index contributed by atoms with van der Waals surface area (Å²) in [4.78, 5) is 23.6. The first-order chi connectivity index (χ1) is 14.3. The Labute approximate surface area is 172 Å². The Kier molecular flexibility index (Phi) is 3.81. The molecule has 29 heavy (non-hydrogen) atoms. The summed E-state index contributed by atoms with van der Waals surface area (Å²) in [5.41, 5.74) is 2.26. The van der Waals surface area contributed by atoms with Crippen LogP contribution in [0.4, 0.5) is 0 Å². The molecular formula is C25H20N2OS. The van der Waals surface area contributed by atoms with E-state index in [1.807, 2.05) is 12.1 Å². The zero-order valence-corrected chi connectivity index (χ0v) is 16.8. The van der Waals surface area contributed by atoms with Gasteiger partial charge in [-0.2, -0.15) is 0 Å². The molecule has 142 valence electrons. The van der Waals surface area contributed by atoms with E-state index in [2.05, 4.69) is 47.4 Å². The highest BCUT2D eigenvalue weighted by molar-refractivity contribution is 7.18. The summed E-state index contributed by atoms with van der Waals surface area (Å²) in [7, 11) is 0. The zero-order valence-electron chi connectivity index (χ0n) is 16.0. The highest BCUT2D eigenvalue weighted by Gasteiger charge is 2.20. The third kappa shape index (κ3) is 2.63. The van der Waals surface area contributed by atoms with Crippen LogP contribution in [-0.2, 0) is 12.8 Å². The number of aryl methyl sites for hydroxylation is 2. The maximum absolute atomic E-state index is 13.2. The molecule has 0 amide bonds. The maximum atomic E-state index is 13.2. The van der Waals surface area contributed by atoms with Crippen molar-refractivity contribution in [2.45, 2.75) is 32.1 Å². The van der Waals surface area contributed by atoms with Gasteiger partial charge in [-0.1, -0.05) is 55.0 Å². The van der Waals surface area contributed by atoms with Gasteiger partial charge < -0.3 is 4.98 Å². The third-order valence-electron chi connectivity index (χ3n) is 6.08. The van der Waals surface area contributed by atoms with E-state index in [1.165, 1.54) is 23.3 Å². The average molecular weight is 397 g/mol. The van der Waals surface area contributed by atoms with Crippen molar-refractivity contribution in [1.82, 2.24) is 9.97 Å². The van der Waals surface area contributed by atoms with Crippen LogP contribution in [0.25, 0.3) is 43.1 Å². The number of nitrogens with zero attached hydrogens (tertiary/aromatic N) is 1. The fourth-order valence-corrected chi connectivity index (χ4v) is 5.99. The molecule has 1 N–H and O–H groups in total. The van der Waals surface area contributed by atoms with Crippen molar-refractivity contribution < 1.29 is 0 Å². The first kappa shape index (κ1) is 16.9. The largest absolute Gasteiger partial charge is 0.306 e. The molecule has 3 aromatic carbocycles. The van der Waals surface area contributed by atoms with Crippen molar-refractivity contribution in [2.24, 2.45) is 0 Å². The Bertz CT molecular complexity index is 1410. The highest BCUT2D eigenvalue weighted by Crippen LogP contribution is 2.37. The second-order valence-corrected chi connectivity index (χ2v) is 8.94. The van der Waals surface area contributed by atoms with Crippen LogP contribution in [0.5, 0.6) is 0 Å². The number of thiophene rings is 1. The second kappa shape index (κ2) is 6.53. The van der Waals surface area contributed by atoms with Crippen molar-refractivity contribution in [3.63, 3.8) is 0 Å². The SMILES string of the molecule is O=c1[nH]c(-c2c3ccccc3cc3ccccc23)nc2sc3c(c12)CCCCC3. The number of aromatic amines is 1. The number of benzene rings is 3. The smallest absolute Gasteiger partial charge is 0.260 e. The lowest BCUT2D eigenvalue weighted by Gasteiger charge is -2.11. The molecule has 0 saturated heterocycles. The molecule has 1 aliphatic rings. The van der Waals surface area contributed by atoms with Crippen LogP contribution >= 0.6 is 11.3 Å². The number of aromatic nitrogens is 2. The summed E-state index contributed by atoms with van der Waals surface area (Å²) >= 11 is 1.72. The number of rotatable bonds is 1. The van der Waals surface area contributed by atoms with E-state index < -0.39 is 0 Å². The van der Waals surface area contributed by atoms with Gasteiger partial charge >= 0.3 is 0 Å². The zero-order chi connectivity index (χ0) is 19.4. The molecular weight excluding hydrogens is 376 g/mol. The Balaban J connectivity index is 1.70. The summed E-state index contributed by atoms with van der Waals surface area (Å²) in [6.07, 6.45) is 5.68. The van der Waals surface area contributed by atoms with Crippen molar-refractivity contribution >= 4 is 43.1 Å². The van der Waals surface area contributed by atoms with E-state index in [9.17, 15) is 4.79 Å². The lowest BCUT2D eigenvalue weighted by atomic mass is 9.96. The summed E-state index contributed by atoms with van der Waals surface area (Å²) in [5.74, 6) is 0.673. The van der Waals surface area contributed by atoms with E-state index in [-0.39, 0.29) is 5.56 Å². The van der Waals surface area contributed by atoms with Gasteiger partial charge in [-0.3, -0.25) is 4.79 Å². The van der Waals surface area contributed by atoms with Gasteiger partial charge in [0.15, 0.2) is 0 Å². The number of hydrogen-bond donors (Lipinski definition) is 1. The first-order valence-corrected chi connectivity index (χ1v) is 11.1. The molecule has 2 aromatic heterocycles. The minimum atomic E-state index is 0.00131. The first-order valence-electron chi connectivity index (χ1n) is 10.2. The third-order valence-corrected chi connectivity index (χ3v) is 7.27. The monoisotopic (exact) mass is 396 g/mol. The number of nitrogens with one attached hydrogen (secondary N) is 1. The molecule has 6 rings (SSSR count). The molecule has 5 aromatic rings. The number of H-pyrrole nitrogens is 1. The van der Waals surface area contributed by atoms with E-state index in [4.69, 9.17) is 4.98 Å². The predicted octanol–water partition coefficient (Wildman–Crippen LogP) is 6.23. The average Bonchev–Trinajstić information content (AvgIpc) is 2.93. The maximum Gasteiger partial charge on any atom is 0.260 e. The van der Waals surface area contributed by atoms with Gasteiger partial charge in [0, 0.05) is 10.4 Å². The molecule has 0 saturated carbocycles. The fraction of sp³-hybridized carbons (Fsp3) is 0.200. The van der Waals surface area contributed by atoms with E-state index in [0.29, 0.717) is 5.82 Å². The molecule has 1 aliphatic carbocycles. The normalized spacial score (nSPS) is 14.3. The van der Waals surface area contributed by atoms with Crippen LogP contribution in [0.3, 0.4) is 0 Å². The molecule has 0 fully saturated rings. The topological polar surface area (TPSA) is 45.8 Å². The molecule has 4 heteroatoms. The quantitative estimate of drug-likeness (QED) is 0.270. The molecule has 0 aliphatic heterocycles. The van der Waals surface area contributed by atoms with Gasteiger partial charge in [-0.05, 0) is 58.9 Å². The Hall–Kier alpha value is -2.98. The van der Waals surface area contributed by atoms with Crippen LogP contribution in [0.15, 0.2) is 59.4 Å². The predicted molar refractivity (Wildman–Crippen MR) is 122 cm³/mol. The Morgan fingerprint density at radius 3 is 2.31 bits per heavy atom. The highest BCUT2D eigenvalue weighted by atomic mass is 32.1. The lowest BCUT2D eigenvalue weighted by molar-refractivity contribution is 0.713. The summed E-state index contributed by atoms with van der Waals surface area (Å²) in [6, 6.07) is 18.9. The standard InChI is InChI=1S/C25H20N2OS/c28-24-22-19-12-2-1-3-13-20(19)29-25(22)27-23(26-24)21-17-10-6-4-8-15(17)14-16-9-5-7-11-18(16)21/h4-11,14H,1-3,12-13H2,(H,26,27,28). The van der Waals surface area contributed by atoms with E-state index in [1.54, 1.807) is 11.3 Å². The van der Waals surface area contributed by atoms with E-state index >= 15 is 0 Å². The van der Waals surface area contributed by atoms with Gasteiger partial charge in [-0.15, -0.1) is 11.3 Å². The molecule has 0 bridgehead atoms. The van der Waals surface area contributed by atoms with Gasteiger partial charge in [0.25, 0.3) is 5.56 Å². The van der Waals surface area contributed by atoms with Crippen LogP contribution < -0.4 is 5.56 Å². The minimum Gasteiger partial charge on any atom is -0.306 e. The molecule has 0 atom stereocenters. The van der Waals surface area contributed by atoms with Crippen molar-refractivity contribution in [3.05, 3.63) is 75.4 Å². The van der Waals surface area contributed by atoms with Crippen molar-refractivity contribution in [2.75, 3.05) is 0 Å². The second-order valence-electron chi connectivity index (χ2n) is 7.85. The van der Waals surface area contributed by atoms with Crippen LogP contribution in [-0.4, -0.2) is 9.97 Å². The van der Waals surface area contributed by atoms with Crippen LogP contribution in [0, 0.1) is 0 Å². The van der Waals surface area contributed by atoms with Crippen molar-refractivity contribution in [1.29, 1.82) is 0 Å². The van der Waals surface area contributed by atoms with E-state index in [0.717, 1.165) is 56.6 Å². The number of fused-ring (bicyclic) bond motifs is 5. The fourth-order valence-electron chi connectivity index (χ4n) is 4.73. The van der Waals surface area contributed by atoms with Crippen LogP contribution in [0.2, 0.25) is 0 Å². The Morgan fingerprint density at radius 2 is 1.55 bits per heavy atom.